The van der Waals surface area contributed by atoms with Crippen LogP contribution >= 0.6 is 0 Å². The van der Waals surface area contributed by atoms with Crippen LogP contribution in [0, 0.1) is 11.3 Å². The van der Waals surface area contributed by atoms with Gasteiger partial charge in [0.2, 0.25) is 0 Å². The molecule has 4 rings (SSSR count). The van der Waals surface area contributed by atoms with E-state index in [4.69, 9.17) is 4.74 Å². The fourth-order valence-electron chi connectivity index (χ4n) is 3.56. The number of rotatable bonds is 6. The highest BCUT2D eigenvalue weighted by molar-refractivity contribution is 5.94. The van der Waals surface area contributed by atoms with Crippen LogP contribution in [0.1, 0.15) is 37.8 Å². The van der Waals surface area contributed by atoms with Gasteiger partial charge in [0.05, 0.1) is 36.3 Å². The Morgan fingerprint density at radius 3 is 2.52 bits per heavy atom. The zero-order valence-corrected chi connectivity index (χ0v) is 17.0. The van der Waals surface area contributed by atoms with Crippen molar-refractivity contribution >= 4 is 16.6 Å². The topological polar surface area (TPSA) is 87.8 Å². The third-order valence-electron chi connectivity index (χ3n) is 5.55. The summed E-state index contributed by atoms with van der Waals surface area (Å²) in [5, 5.41) is 10.7. The summed E-state index contributed by atoms with van der Waals surface area (Å²) in [4.78, 5) is 8.68. The fourth-order valence-corrected chi connectivity index (χ4v) is 3.56. The lowest BCUT2D eigenvalue weighted by atomic mass is 9.92. The maximum atomic E-state index is 12.7. The molecule has 1 atom stereocenters. The van der Waals surface area contributed by atoms with Crippen molar-refractivity contribution in [3.05, 3.63) is 36.2 Å². The summed E-state index contributed by atoms with van der Waals surface area (Å²) in [6.07, 6.45) is 1.48. The molecule has 0 unspecified atom stereocenters. The van der Waals surface area contributed by atoms with Crippen LogP contribution < -0.4 is 15.6 Å². The van der Waals surface area contributed by atoms with Crippen LogP contribution in [0.3, 0.4) is 0 Å². The molecule has 1 saturated carbocycles. The van der Waals surface area contributed by atoms with Crippen molar-refractivity contribution in [3.63, 3.8) is 0 Å². The average molecular weight is 430 g/mol. The summed E-state index contributed by atoms with van der Waals surface area (Å²) in [5.41, 5.74) is 6.89. The van der Waals surface area contributed by atoms with Gasteiger partial charge in [0.1, 0.15) is 23.6 Å². The maximum Gasteiger partial charge on any atom is 0.405 e. The van der Waals surface area contributed by atoms with E-state index >= 15 is 0 Å². The molecule has 0 amide bonds. The first-order valence-corrected chi connectivity index (χ1v) is 9.86. The Labute approximate surface area is 176 Å². The lowest BCUT2D eigenvalue weighted by molar-refractivity contribution is -0.150. The maximum absolute atomic E-state index is 12.7. The van der Waals surface area contributed by atoms with Gasteiger partial charge in [0, 0.05) is 17.5 Å². The monoisotopic (exact) mass is 430 g/mol. The van der Waals surface area contributed by atoms with Crippen molar-refractivity contribution in [1.29, 1.82) is 5.26 Å². The zero-order valence-electron chi connectivity index (χ0n) is 17.0. The normalized spacial score (nSPS) is 15.4. The second kappa shape index (κ2) is 8.07. The number of halogens is 3. The molecule has 0 bridgehead atoms. The number of methoxy groups -OCH3 is 1. The van der Waals surface area contributed by atoms with Crippen molar-refractivity contribution in [1.82, 2.24) is 20.0 Å². The molecule has 10 heteroatoms. The summed E-state index contributed by atoms with van der Waals surface area (Å²) < 4.78 is 45.4. The van der Waals surface area contributed by atoms with E-state index in [-0.39, 0.29) is 11.7 Å². The van der Waals surface area contributed by atoms with Crippen LogP contribution in [-0.4, -0.2) is 33.9 Å². The van der Waals surface area contributed by atoms with Gasteiger partial charge in [-0.25, -0.2) is 15.4 Å². The quantitative estimate of drug-likeness (QED) is 0.557. The number of hydrogen-bond donors (Lipinski definition) is 2. The summed E-state index contributed by atoms with van der Waals surface area (Å²) in [6, 6.07) is 6.31. The second-order valence-corrected chi connectivity index (χ2v) is 7.50. The number of nitriles is 1. The molecule has 0 spiro atoms. The number of aromatic nitrogens is 3. The number of anilines is 1. The second-order valence-electron chi connectivity index (χ2n) is 7.50. The Kier molecular flexibility index (Phi) is 5.45. The predicted octanol–water partition coefficient (Wildman–Crippen LogP) is 4.57. The first-order chi connectivity index (χ1) is 14.8. The van der Waals surface area contributed by atoms with Gasteiger partial charge < -0.3 is 14.7 Å². The number of nitrogens with one attached hydrogen (secondary N) is 2. The van der Waals surface area contributed by atoms with Gasteiger partial charge >= 0.3 is 6.18 Å². The molecule has 2 aromatic heterocycles. The van der Waals surface area contributed by atoms with E-state index in [1.807, 2.05) is 12.1 Å². The Morgan fingerprint density at radius 1 is 1.26 bits per heavy atom. The van der Waals surface area contributed by atoms with Crippen molar-refractivity contribution < 1.29 is 17.9 Å². The van der Waals surface area contributed by atoms with E-state index in [9.17, 15) is 18.4 Å². The van der Waals surface area contributed by atoms with Crippen molar-refractivity contribution in [2.45, 2.75) is 44.4 Å². The van der Waals surface area contributed by atoms with Crippen LogP contribution in [-0.2, 0) is 0 Å². The van der Waals surface area contributed by atoms with E-state index in [1.54, 1.807) is 13.2 Å². The summed E-state index contributed by atoms with van der Waals surface area (Å²) in [6.45, 7) is 1.01. The smallest absolute Gasteiger partial charge is 0.405 e. The molecule has 0 aliphatic heterocycles. The molecular formula is C21H21F3N6O. The van der Waals surface area contributed by atoms with Gasteiger partial charge in [-0.1, -0.05) is 0 Å². The molecule has 2 N–H and O–H groups in total. The number of ether oxygens (including phenoxy) is 1. The molecule has 1 aliphatic rings. The first kappa shape index (κ1) is 20.9. The molecule has 2 heterocycles. The third-order valence-corrected chi connectivity index (χ3v) is 5.55. The first-order valence-electron chi connectivity index (χ1n) is 9.86. The summed E-state index contributed by atoms with van der Waals surface area (Å²) in [5.74, 6) is 1.03. The molecule has 0 radical (unpaired) electrons. The average Bonchev–Trinajstić information content (AvgIpc) is 3.03. The SMILES string of the molecule is COc1ccc2c(C#N)c(-c3ncc(NN[C@@H](C)C(F)(F)F)cn3)n(C3CCC3)c2c1. The van der Waals surface area contributed by atoms with Crippen molar-refractivity contribution in [2.75, 3.05) is 12.5 Å². The largest absolute Gasteiger partial charge is 0.497 e. The van der Waals surface area contributed by atoms with Crippen LogP contribution in [0.15, 0.2) is 30.6 Å². The molecule has 0 saturated heterocycles. The van der Waals surface area contributed by atoms with Gasteiger partial charge in [-0.3, -0.25) is 0 Å². The molecule has 7 nitrogen and oxygen atoms in total. The van der Waals surface area contributed by atoms with Crippen molar-refractivity contribution in [3.8, 4) is 23.3 Å². The predicted molar refractivity (Wildman–Crippen MR) is 109 cm³/mol. The number of benzene rings is 1. The van der Waals surface area contributed by atoms with E-state index < -0.39 is 12.2 Å². The number of fused-ring (bicyclic) bond motifs is 1. The van der Waals surface area contributed by atoms with Gasteiger partial charge in [0.15, 0.2) is 5.82 Å². The van der Waals surface area contributed by atoms with Gasteiger partial charge in [-0.05, 0) is 38.3 Å². The van der Waals surface area contributed by atoms with E-state index in [1.165, 1.54) is 12.4 Å². The van der Waals surface area contributed by atoms with Crippen LogP contribution in [0.4, 0.5) is 18.9 Å². The molecule has 162 valence electrons. The molecule has 1 fully saturated rings. The molecule has 31 heavy (non-hydrogen) atoms. The number of nitrogens with zero attached hydrogens (tertiary/aromatic N) is 4. The highest BCUT2D eigenvalue weighted by atomic mass is 19.4. The number of hydrazine groups is 1. The van der Waals surface area contributed by atoms with Crippen LogP contribution in [0.25, 0.3) is 22.4 Å². The Balaban J connectivity index is 1.73. The standard InChI is InChI=1S/C21H21F3N6O/c1-12(21(22,23)24)28-29-13-10-26-20(27-11-13)19-17(9-25)16-7-6-15(31-2)8-18(16)30(19)14-4-3-5-14/h6-8,10-12,14,28-29H,3-5H2,1-2H3/t12-/m0/s1. The minimum Gasteiger partial charge on any atom is -0.497 e. The van der Waals surface area contributed by atoms with Gasteiger partial charge in [-0.2, -0.15) is 18.4 Å². The van der Waals surface area contributed by atoms with Crippen LogP contribution in [0.5, 0.6) is 5.75 Å². The Morgan fingerprint density at radius 2 is 1.97 bits per heavy atom. The minimum absolute atomic E-state index is 0.224. The fraction of sp³-hybridized carbons (Fsp3) is 0.381. The Hall–Kier alpha value is -3.32. The van der Waals surface area contributed by atoms with E-state index in [0.717, 1.165) is 37.1 Å². The minimum atomic E-state index is -4.37. The molecular weight excluding hydrogens is 409 g/mol. The van der Waals surface area contributed by atoms with Gasteiger partial charge in [0.25, 0.3) is 0 Å². The Bertz CT molecular complexity index is 1130. The highest BCUT2D eigenvalue weighted by Crippen LogP contribution is 2.42. The van der Waals surface area contributed by atoms with E-state index in [2.05, 4.69) is 31.5 Å². The summed E-state index contributed by atoms with van der Waals surface area (Å²) in [7, 11) is 1.59. The molecule has 3 aromatic rings. The molecule has 1 aromatic carbocycles. The lowest BCUT2D eigenvalue weighted by Gasteiger charge is -2.29. The van der Waals surface area contributed by atoms with Crippen LogP contribution in [0.2, 0.25) is 0 Å². The zero-order chi connectivity index (χ0) is 22.2. The highest BCUT2D eigenvalue weighted by Gasteiger charge is 2.36. The number of hydrogen-bond acceptors (Lipinski definition) is 6. The lowest BCUT2D eigenvalue weighted by Crippen LogP contribution is -2.42. The van der Waals surface area contributed by atoms with E-state index in [0.29, 0.717) is 22.8 Å². The molecule has 1 aliphatic carbocycles. The number of alkyl halides is 3. The summed E-state index contributed by atoms with van der Waals surface area (Å²) >= 11 is 0. The van der Waals surface area contributed by atoms with Gasteiger partial charge in [-0.15, -0.1) is 0 Å². The third kappa shape index (κ3) is 3.88. The van der Waals surface area contributed by atoms with Crippen molar-refractivity contribution in [2.24, 2.45) is 0 Å².